The Hall–Kier alpha value is -1.76. The lowest BCUT2D eigenvalue weighted by Crippen LogP contribution is -2.37. The van der Waals surface area contributed by atoms with Crippen LogP contribution in [-0.4, -0.2) is 39.5 Å². The van der Waals surface area contributed by atoms with E-state index < -0.39 is 12.2 Å². The number of allylic oxidation sites excluding steroid dienone is 3. The van der Waals surface area contributed by atoms with Gasteiger partial charge in [0.05, 0.1) is 17.6 Å². The molecule has 1 aromatic rings. The molecule has 0 saturated heterocycles. The van der Waals surface area contributed by atoms with E-state index in [1.807, 2.05) is 13.8 Å². The number of aliphatic hydroxyl groups is 2. The largest absolute Gasteiger partial charge is 0.461 e. The van der Waals surface area contributed by atoms with Crippen LogP contribution in [0.1, 0.15) is 109 Å². The first-order valence-electron chi connectivity index (χ1n) is 15.6. The lowest BCUT2D eigenvalue weighted by atomic mass is 9.60. The Morgan fingerprint density at radius 2 is 2.02 bits per heavy atom. The molecule has 7 atom stereocenters. The maximum atomic E-state index is 12.5. The summed E-state index contributed by atoms with van der Waals surface area (Å²) in [5, 5.41) is 23.7. The Kier molecular flexibility index (Phi) is 8.81. The van der Waals surface area contributed by atoms with Crippen LogP contribution in [0.5, 0.6) is 0 Å². The number of carbonyl (C=O) groups is 1. The van der Waals surface area contributed by atoms with Gasteiger partial charge >= 0.3 is 5.97 Å². The fourth-order valence-corrected chi connectivity index (χ4v) is 9.48. The van der Waals surface area contributed by atoms with Crippen LogP contribution in [0.15, 0.2) is 40.8 Å². The van der Waals surface area contributed by atoms with E-state index in [-0.39, 0.29) is 22.9 Å². The number of carbonyl (C=O) groups excluding carboxylic acids is 1. The van der Waals surface area contributed by atoms with Crippen LogP contribution in [0.2, 0.25) is 0 Å². The SMILES string of the molecule is C=C1/C(=C\C=C2/CCC[C@]3(C)[C@@H]([C@H](C)CC[C@@H](OC(=O)CC)C4(c5nc(C)cs5)CC4)CC[C@@H]23)C[C@@H](O)C[C@@H]1O. The molecule has 40 heavy (non-hydrogen) atoms. The highest BCUT2D eigenvalue weighted by Gasteiger charge is 2.55. The third kappa shape index (κ3) is 5.78. The van der Waals surface area contributed by atoms with Crippen molar-refractivity contribution in [3.63, 3.8) is 0 Å². The van der Waals surface area contributed by atoms with Crippen molar-refractivity contribution in [3.05, 3.63) is 51.5 Å². The van der Waals surface area contributed by atoms with Gasteiger partial charge in [-0.05, 0) is 105 Å². The minimum absolute atomic E-state index is 0.0792. The van der Waals surface area contributed by atoms with Crippen molar-refractivity contribution < 1.29 is 19.7 Å². The lowest BCUT2D eigenvalue weighted by molar-refractivity contribution is -0.151. The van der Waals surface area contributed by atoms with Crippen molar-refractivity contribution >= 4 is 17.3 Å². The van der Waals surface area contributed by atoms with Gasteiger partial charge in [0.25, 0.3) is 0 Å². The summed E-state index contributed by atoms with van der Waals surface area (Å²) in [6, 6.07) is 0. The molecule has 0 aliphatic heterocycles. The fourth-order valence-electron chi connectivity index (χ4n) is 8.38. The van der Waals surface area contributed by atoms with Crippen LogP contribution in [0.4, 0.5) is 0 Å². The van der Waals surface area contributed by atoms with E-state index in [1.165, 1.54) is 31.3 Å². The van der Waals surface area contributed by atoms with Crippen molar-refractivity contribution in [2.24, 2.45) is 23.2 Å². The van der Waals surface area contributed by atoms with Crippen LogP contribution in [0.3, 0.4) is 0 Å². The first-order chi connectivity index (χ1) is 19.1. The van der Waals surface area contributed by atoms with Crippen molar-refractivity contribution in [1.29, 1.82) is 0 Å². The molecule has 5 rings (SSSR count). The zero-order chi connectivity index (χ0) is 28.7. The number of aliphatic hydroxyl groups excluding tert-OH is 2. The Morgan fingerprint density at radius 1 is 1.25 bits per heavy atom. The standard InChI is InChI=1S/C34H49NO4S/c1-6-31(38)39-30(34(16-17-34)32-35-22(3)20-40-32)14-9-21(2)27-12-13-28-24(8-7-15-33(27,28)5)10-11-25-18-26(36)19-29(37)23(25)4/h10-11,20-21,26-30,36-37H,4,6-9,12-19H2,1-3,5H3/b24-10+,25-11-/t21-,26-,27-,28+,29+,30-,33-/m1/s1. The van der Waals surface area contributed by atoms with Gasteiger partial charge in [-0.3, -0.25) is 4.79 Å². The summed E-state index contributed by atoms with van der Waals surface area (Å²) >= 11 is 1.72. The second-order valence-electron chi connectivity index (χ2n) is 13.5. The van der Waals surface area contributed by atoms with E-state index in [1.54, 1.807) is 11.3 Å². The Balaban J connectivity index is 1.28. The smallest absolute Gasteiger partial charge is 0.305 e. The van der Waals surface area contributed by atoms with Gasteiger partial charge < -0.3 is 14.9 Å². The molecule has 0 aromatic carbocycles. The van der Waals surface area contributed by atoms with Gasteiger partial charge in [0, 0.05) is 23.9 Å². The molecule has 0 unspecified atom stereocenters. The number of aryl methyl sites for hydroxylation is 1. The molecule has 2 N–H and O–H groups in total. The minimum atomic E-state index is -0.642. The molecule has 0 spiro atoms. The van der Waals surface area contributed by atoms with Crippen LogP contribution < -0.4 is 0 Å². The maximum Gasteiger partial charge on any atom is 0.305 e. The second kappa shape index (κ2) is 11.9. The lowest BCUT2D eigenvalue weighted by Gasteiger charge is -2.44. The number of aromatic nitrogens is 1. The number of rotatable bonds is 9. The molecule has 0 bridgehead atoms. The fraction of sp³-hybridized carbons (Fsp3) is 0.706. The molecular weight excluding hydrogens is 518 g/mol. The first kappa shape index (κ1) is 29.7. The Morgan fingerprint density at radius 3 is 2.70 bits per heavy atom. The van der Waals surface area contributed by atoms with Gasteiger partial charge in [0.15, 0.2) is 0 Å². The zero-order valence-electron chi connectivity index (χ0n) is 25.0. The van der Waals surface area contributed by atoms with E-state index in [0.717, 1.165) is 54.0 Å². The molecule has 4 saturated carbocycles. The van der Waals surface area contributed by atoms with Gasteiger partial charge in [-0.25, -0.2) is 4.98 Å². The molecule has 5 nitrogen and oxygen atoms in total. The number of nitrogens with zero attached hydrogens (tertiary/aromatic N) is 1. The number of ether oxygens (including phenoxy) is 1. The van der Waals surface area contributed by atoms with Crippen LogP contribution in [0.25, 0.3) is 0 Å². The summed E-state index contributed by atoms with van der Waals surface area (Å²) in [6.45, 7) is 13.0. The topological polar surface area (TPSA) is 79.7 Å². The van der Waals surface area contributed by atoms with E-state index >= 15 is 0 Å². The van der Waals surface area contributed by atoms with Gasteiger partial charge in [-0.15, -0.1) is 11.3 Å². The van der Waals surface area contributed by atoms with Crippen molar-refractivity contribution in [2.75, 3.05) is 0 Å². The van der Waals surface area contributed by atoms with Crippen molar-refractivity contribution in [3.8, 4) is 0 Å². The normalized spacial score (nSPS) is 35.0. The predicted octanol–water partition coefficient (Wildman–Crippen LogP) is 7.36. The molecule has 1 heterocycles. The van der Waals surface area contributed by atoms with E-state index in [0.29, 0.717) is 37.0 Å². The van der Waals surface area contributed by atoms with E-state index in [9.17, 15) is 15.0 Å². The summed E-state index contributed by atoms with van der Waals surface area (Å²) in [5.74, 6) is 1.70. The molecule has 4 aliphatic rings. The van der Waals surface area contributed by atoms with Crippen LogP contribution in [-0.2, 0) is 14.9 Å². The average Bonchev–Trinajstić information content (AvgIpc) is 3.48. The molecule has 0 amide bonds. The monoisotopic (exact) mass is 567 g/mol. The molecule has 220 valence electrons. The highest BCUT2D eigenvalue weighted by atomic mass is 32.1. The minimum Gasteiger partial charge on any atom is -0.461 e. The Bertz CT molecular complexity index is 1160. The highest BCUT2D eigenvalue weighted by molar-refractivity contribution is 7.09. The predicted molar refractivity (Wildman–Crippen MR) is 161 cm³/mol. The van der Waals surface area contributed by atoms with E-state index in [2.05, 4.69) is 38.0 Å². The number of hydrogen-bond acceptors (Lipinski definition) is 6. The van der Waals surface area contributed by atoms with Gasteiger partial charge in [-0.2, -0.15) is 0 Å². The third-order valence-electron chi connectivity index (χ3n) is 10.9. The van der Waals surface area contributed by atoms with Crippen molar-refractivity contribution in [1.82, 2.24) is 4.98 Å². The van der Waals surface area contributed by atoms with Crippen LogP contribution in [0, 0.1) is 30.1 Å². The van der Waals surface area contributed by atoms with Gasteiger partial charge in [0.2, 0.25) is 0 Å². The average molecular weight is 568 g/mol. The van der Waals surface area contributed by atoms with Gasteiger partial charge in [-0.1, -0.05) is 45.1 Å². The molecule has 0 radical (unpaired) electrons. The molecular formula is C34H49NO4S. The first-order valence-corrected chi connectivity index (χ1v) is 16.5. The second-order valence-corrected chi connectivity index (χ2v) is 14.4. The summed E-state index contributed by atoms with van der Waals surface area (Å²) in [5.41, 5.74) is 4.55. The third-order valence-corrected chi connectivity index (χ3v) is 12.1. The van der Waals surface area contributed by atoms with Crippen LogP contribution >= 0.6 is 11.3 Å². The number of esters is 1. The highest BCUT2D eigenvalue weighted by Crippen LogP contribution is 2.60. The van der Waals surface area contributed by atoms with E-state index in [4.69, 9.17) is 9.72 Å². The van der Waals surface area contributed by atoms with Crippen molar-refractivity contribution in [2.45, 2.75) is 128 Å². The summed E-state index contributed by atoms with van der Waals surface area (Å²) in [7, 11) is 0. The van der Waals surface area contributed by atoms with Gasteiger partial charge in [0.1, 0.15) is 11.1 Å². The molecule has 1 aromatic heterocycles. The number of hydrogen-bond donors (Lipinski definition) is 2. The zero-order valence-corrected chi connectivity index (χ0v) is 25.8. The quantitative estimate of drug-likeness (QED) is 0.305. The number of fused-ring (bicyclic) bond motifs is 1. The Labute approximate surface area is 244 Å². The molecule has 6 heteroatoms. The summed E-state index contributed by atoms with van der Waals surface area (Å²) in [4.78, 5) is 17.3. The summed E-state index contributed by atoms with van der Waals surface area (Å²) in [6.07, 6.45) is 14.8. The summed E-state index contributed by atoms with van der Waals surface area (Å²) < 4.78 is 6.14. The maximum absolute atomic E-state index is 12.5. The number of thiazole rings is 1. The molecule has 4 fully saturated rings. The molecule has 4 aliphatic carbocycles.